The average molecular weight is 327 g/mol. The van der Waals surface area contributed by atoms with Crippen molar-refractivity contribution >= 4 is 23.9 Å². The lowest BCUT2D eigenvalue weighted by Crippen LogP contribution is -2.04. The summed E-state index contributed by atoms with van der Waals surface area (Å²) >= 11 is 1.51. The van der Waals surface area contributed by atoms with E-state index in [1.54, 1.807) is 0 Å². The molecule has 0 amide bonds. The second kappa shape index (κ2) is 7.68. The molecule has 0 aliphatic heterocycles. The van der Waals surface area contributed by atoms with Crippen LogP contribution >= 0.6 is 11.8 Å². The molecule has 0 radical (unpaired) electrons. The van der Waals surface area contributed by atoms with Crippen molar-refractivity contribution in [3.8, 4) is 0 Å². The molecule has 23 heavy (non-hydrogen) atoms. The lowest BCUT2D eigenvalue weighted by Gasteiger charge is -2.00. The molecule has 0 atom stereocenters. The molecule has 2 heterocycles. The Balaban J connectivity index is 1.59. The first-order valence-corrected chi connectivity index (χ1v) is 8.37. The Labute approximate surface area is 138 Å². The fraction of sp³-hybridized carbons (Fsp3) is 0.267. The molecule has 118 valence electrons. The Morgan fingerprint density at radius 2 is 2.09 bits per heavy atom. The summed E-state index contributed by atoms with van der Waals surface area (Å²) in [4.78, 5) is 4.43. The van der Waals surface area contributed by atoms with Gasteiger partial charge in [-0.15, -0.1) is 10.2 Å². The molecule has 0 fully saturated rings. The van der Waals surface area contributed by atoms with Crippen LogP contribution in [0.15, 0.2) is 35.5 Å². The molecule has 8 heteroatoms. The zero-order valence-corrected chi connectivity index (χ0v) is 13.6. The zero-order chi connectivity index (χ0) is 15.9. The third-order valence-electron chi connectivity index (χ3n) is 3.09. The first-order valence-electron chi connectivity index (χ1n) is 7.38. The second-order valence-electron chi connectivity index (χ2n) is 4.85. The lowest BCUT2D eigenvalue weighted by molar-refractivity contribution is 0.564. The van der Waals surface area contributed by atoms with Crippen LogP contribution in [0.5, 0.6) is 0 Å². The van der Waals surface area contributed by atoms with Crippen LogP contribution in [0.2, 0.25) is 0 Å². The van der Waals surface area contributed by atoms with E-state index in [1.165, 1.54) is 11.8 Å². The van der Waals surface area contributed by atoms with Gasteiger partial charge in [0.2, 0.25) is 5.16 Å². The Bertz CT molecular complexity index is 763. The zero-order valence-electron chi connectivity index (χ0n) is 12.8. The third-order valence-corrected chi connectivity index (χ3v) is 3.93. The number of nitrogens with one attached hydrogen (secondary N) is 1. The molecule has 2 aromatic heterocycles. The molecule has 0 unspecified atom stereocenters. The minimum absolute atomic E-state index is 0.646. The van der Waals surface area contributed by atoms with Crippen LogP contribution in [-0.2, 0) is 12.3 Å². The van der Waals surface area contributed by atoms with Gasteiger partial charge in [0.15, 0.2) is 5.82 Å². The van der Waals surface area contributed by atoms with Crippen molar-refractivity contribution in [2.24, 2.45) is 0 Å². The Kier molecular flexibility index (Phi) is 5.15. The number of aromatic amines is 1. The van der Waals surface area contributed by atoms with Gasteiger partial charge in [-0.1, -0.05) is 55.1 Å². The lowest BCUT2D eigenvalue weighted by atomic mass is 10.2. The molecule has 0 spiro atoms. The number of nitrogens with zero attached hydrogens (tertiary/aromatic N) is 6. The van der Waals surface area contributed by atoms with Crippen molar-refractivity contribution in [1.29, 1.82) is 0 Å². The largest absolute Gasteiger partial charge is 0.259 e. The summed E-state index contributed by atoms with van der Waals surface area (Å²) < 4.78 is 1.82. The van der Waals surface area contributed by atoms with Crippen LogP contribution in [0, 0.1) is 0 Å². The number of tetrazole rings is 1. The van der Waals surface area contributed by atoms with E-state index in [0.717, 1.165) is 30.2 Å². The maximum atomic E-state index is 4.43. The highest BCUT2D eigenvalue weighted by Crippen LogP contribution is 2.18. The van der Waals surface area contributed by atoms with Crippen molar-refractivity contribution < 1.29 is 0 Å². The third kappa shape index (κ3) is 4.26. The Hall–Kier alpha value is -2.48. The highest BCUT2D eigenvalue weighted by molar-refractivity contribution is 7.98. The Morgan fingerprint density at radius 1 is 1.22 bits per heavy atom. The van der Waals surface area contributed by atoms with Crippen LogP contribution in [0.3, 0.4) is 0 Å². The number of aromatic nitrogens is 7. The molecule has 3 aromatic rings. The fourth-order valence-corrected chi connectivity index (χ4v) is 2.72. The first-order chi connectivity index (χ1) is 11.3. The average Bonchev–Trinajstić information content (AvgIpc) is 3.21. The van der Waals surface area contributed by atoms with Crippen molar-refractivity contribution in [3.63, 3.8) is 0 Å². The number of thioether (sulfide) groups is 1. The van der Waals surface area contributed by atoms with Crippen LogP contribution in [-0.4, -0.2) is 35.4 Å². The van der Waals surface area contributed by atoms with Crippen molar-refractivity contribution in [1.82, 2.24) is 35.4 Å². The van der Waals surface area contributed by atoms with Gasteiger partial charge in [-0.3, -0.25) is 5.10 Å². The molecule has 1 aromatic carbocycles. The summed E-state index contributed by atoms with van der Waals surface area (Å²) in [6.07, 6.45) is 4.90. The highest BCUT2D eigenvalue weighted by Gasteiger charge is 2.08. The molecule has 0 saturated heterocycles. The molecular formula is C15H17N7S. The van der Waals surface area contributed by atoms with Gasteiger partial charge in [0.1, 0.15) is 5.82 Å². The summed E-state index contributed by atoms with van der Waals surface area (Å²) in [5.74, 6) is 2.21. The van der Waals surface area contributed by atoms with Crippen molar-refractivity contribution in [2.45, 2.75) is 30.8 Å². The van der Waals surface area contributed by atoms with E-state index in [-0.39, 0.29) is 0 Å². The molecular weight excluding hydrogens is 310 g/mol. The van der Waals surface area contributed by atoms with Gasteiger partial charge in [0.05, 0.1) is 5.75 Å². The van der Waals surface area contributed by atoms with Gasteiger partial charge in [-0.2, -0.15) is 0 Å². The number of benzene rings is 1. The maximum absolute atomic E-state index is 4.43. The quantitative estimate of drug-likeness (QED) is 0.672. The van der Waals surface area contributed by atoms with Crippen molar-refractivity contribution in [2.75, 3.05) is 0 Å². The first kappa shape index (κ1) is 15.4. The van der Waals surface area contributed by atoms with Crippen LogP contribution < -0.4 is 0 Å². The van der Waals surface area contributed by atoms with E-state index in [0.29, 0.717) is 10.9 Å². The molecule has 0 bridgehead atoms. The summed E-state index contributed by atoms with van der Waals surface area (Å²) in [6.45, 7) is 2.92. The molecule has 3 rings (SSSR count). The summed E-state index contributed by atoms with van der Waals surface area (Å²) in [7, 11) is 0. The van der Waals surface area contributed by atoms with Gasteiger partial charge >= 0.3 is 0 Å². The van der Waals surface area contributed by atoms with E-state index >= 15 is 0 Å². The smallest absolute Gasteiger partial charge is 0.209 e. The van der Waals surface area contributed by atoms with Crippen LogP contribution in [0.4, 0.5) is 0 Å². The topological polar surface area (TPSA) is 85.2 Å². The van der Waals surface area contributed by atoms with Crippen LogP contribution in [0.25, 0.3) is 12.2 Å². The second-order valence-corrected chi connectivity index (χ2v) is 5.80. The molecule has 1 N–H and O–H groups in total. The van der Waals surface area contributed by atoms with E-state index in [2.05, 4.69) is 37.6 Å². The summed E-state index contributed by atoms with van der Waals surface area (Å²) in [5.41, 5.74) is 1.12. The normalized spacial score (nSPS) is 11.3. The molecule has 0 aliphatic carbocycles. The number of H-pyrrole nitrogens is 1. The van der Waals surface area contributed by atoms with Gasteiger partial charge in [-0.05, 0) is 28.5 Å². The van der Waals surface area contributed by atoms with E-state index in [1.807, 2.05) is 47.2 Å². The maximum Gasteiger partial charge on any atom is 0.209 e. The van der Waals surface area contributed by atoms with Gasteiger partial charge in [-0.25, -0.2) is 9.67 Å². The SMILES string of the molecule is CCCn1nnnc1CSc1n[nH]c(/C=C/c2ccccc2)n1. The van der Waals surface area contributed by atoms with Gasteiger partial charge in [0, 0.05) is 6.54 Å². The summed E-state index contributed by atoms with van der Waals surface area (Å²) in [5, 5.41) is 19.5. The Morgan fingerprint density at radius 3 is 2.91 bits per heavy atom. The predicted molar refractivity (Wildman–Crippen MR) is 89.4 cm³/mol. The fourth-order valence-electron chi connectivity index (χ4n) is 1.98. The monoisotopic (exact) mass is 327 g/mol. The number of hydrogen-bond donors (Lipinski definition) is 1. The van der Waals surface area contributed by atoms with Gasteiger partial charge < -0.3 is 0 Å². The molecule has 7 nitrogen and oxygen atoms in total. The molecule has 0 aliphatic rings. The van der Waals surface area contributed by atoms with Crippen LogP contribution in [0.1, 0.15) is 30.6 Å². The minimum Gasteiger partial charge on any atom is -0.259 e. The number of hydrogen-bond acceptors (Lipinski definition) is 6. The number of aryl methyl sites for hydroxylation is 1. The van der Waals surface area contributed by atoms with E-state index in [9.17, 15) is 0 Å². The van der Waals surface area contributed by atoms with E-state index in [4.69, 9.17) is 0 Å². The standard InChI is InChI=1S/C15H17N7S/c1-2-10-22-14(18-20-21-22)11-23-15-16-13(17-19-15)9-8-12-6-4-3-5-7-12/h3-9H,2,10-11H2,1H3,(H,16,17,19)/b9-8+. The summed E-state index contributed by atoms with van der Waals surface area (Å²) in [6, 6.07) is 10.1. The highest BCUT2D eigenvalue weighted by atomic mass is 32.2. The van der Waals surface area contributed by atoms with Crippen molar-refractivity contribution in [3.05, 3.63) is 47.5 Å². The number of rotatable bonds is 7. The predicted octanol–water partition coefficient (Wildman–Crippen LogP) is 2.66. The van der Waals surface area contributed by atoms with E-state index < -0.39 is 0 Å². The van der Waals surface area contributed by atoms with Gasteiger partial charge in [0.25, 0.3) is 0 Å². The minimum atomic E-state index is 0.646. The molecule has 0 saturated carbocycles.